The molecule has 0 fully saturated rings. The van der Waals surface area contributed by atoms with Gasteiger partial charge in [0.05, 0.1) is 11.8 Å². The van der Waals surface area contributed by atoms with E-state index in [1.54, 1.807) is 36.3 Å². The van der Waals surface area contributed by atoms with Crippen molar-refractivity contribution in [2.45, 2.75) is 20.8 Å². The number of aryl methyl sites for hydroxylation is 1. The number of amides is 1. The van der Waals surface area contributed by atoms with E-state index >= 15 is 0 Å². The first-order valence-electron chi connectivity index (χ1n) is 9.72. The van der Waals surface area contributed by atoms with Gasteiger partial charge in [0.2, 0.25) is 0 Å². The highest BCUT2D eigenvalue weighted by Gasteiger charge is 2.23. The topological polar surface area (TPSA) is 45.7 Å². The Morgan fingerprint density at radius 3 is 2.53 bits per heavy atom. The molecule has 0 saturated carbocycles. The Bertz CT molecular complexity index is 1010. The second kappa shape index (κ2) is 11.0. The van der Waals surface area contributed by atoms with Gasteiger partial charge in [-0.25, -0.2) is 4.98 Å². The van der Waals surface area contributed by atoms with Gasteiger partial charge < -0.3 is 9.64 Å². The van der Waals surface area contributed by atoms with Gasteiger partial charge in [0, 0.05) is 23.7 Å². The number of ether oxygens (including phenoxy) is 1. The van der Waals surface area contributed by atoms with Gasteiger partial charge in [-0.2, -0.15) is 0 Å². The zero-order chi connectivity index (χ0) is 21.0. The normalized spacial score (nSPS) is 10.9. The van der Waals surface area contributed by atoms with Crippen molar-refractivity contribution in [3.63, 3.8) is 0 Å². The van der Waals surface area contributed by atoms with E-state index < -0.39 is 0 Å². The molecule has 0 unspecified atom stereocenters. The number of hydrogen-bond acceptors (Lipinski definition) is 5. The molecule has 8 heteroatoms. The molecule has 0 saturated heterocycles. The smallest absolute Gasteiger partial charge is 0.260 e. The molecule has 1 heterocycles. The Hall–Kier alpha value is -1.86. The number of thiazole rings is 1. The van der Waals surface area contributed by atoms with Crippen LogP contribution in [0.4, 0.5) is 5.13 Å². The van der Waals surface area contributed by atoms with Crippen molar-refractivity contribution in [1.82, 2.24) is 9.88 Å². The highest BCUT2D eigenvalue weighted by Crippen LogP contribution is 2.36. The van der Waals surface area contributed by atoms with Crippen LogP contribution in [0.5, 0.6) is 5.75 Å². The van der Waals surface area contributed by atoms with E-state index in [1.807, 2.05) is 19.1 Å². The monoisotopic (exact) mass is 467 g/mol. The van der Waals surface area contributed by atoms with Crippen molar-refractivity contribution in [3.8, 4) is 5.75 Å². The van der Waals surface area contributed by atoms with E-state index in [0.717, 1.165) is 35.4 Å². The fourth-order valence-electron chi connectivity index (χ4n) is 3.22. The Balaban J connectivity index is 0.00000320. The second-order valence-corrected chi connectivity index (χ2v) is 8.17. The molecule has 1 amide bonds. The molecule has 0 bridgehead atoms. The molecule has 0 N–H and O–H groups in total. The van der Waals surface area contributed by atoms with Crippen LogP contribution in [0.2, 0.25) is 5.02 Å². The number of fused-ring (bicyclic) bond motifs is 1. The third-order valence-electron chi connectivity index (χ3n) is 4.99. The highest BCUT2D eigenvalue weighted by molar-refractivity contribution is 7.22. The van der Waals surface area contributed by atoms with E-state index in [0.29, 0.717) is 28.0 Å². The van der Waals surface area contributed by atoms with E-state index in [9.17, 15) is 4.79 Å². The molecule has 30 heavy (non-hydrogen) atoms. The number of nitrogens with zero attached hydrogens (tertiary/aromatic N) is 3. The maximum Gasteiger partial charge on any atom is 0.260 e. The average Bonchev–Trinajstić information content (AvgIpc) is 3.17. The summed E-state index contributed by atoms with van der Waals surface area (Å²) in [4.78, 5) is 22.2. The zero-order valence-electron chi connectivity index (χ0n) is 17.6. The van der Waals surface area contributed by atoms with Crippen LogP contribution < -0.4 is 9.64 Å². The number of benzene rings is 2. The van der Waals surface area contributed by atoms with Crippen molar-refractivity contribution in [1.29, 1.82) is 0 Å². The number of carbonyl (C=O) groups excluding carboxylic acids is 1. The number of hydrogen-bond donors (Lipinski definition) is 0. The number of aromatic nitrogens is 1. The maximum absolute atomic E-state index is 13.4. The third-order valence-corrected chi connectivity index (χ3v) is 6.44. The standard InChI is InChI=1S/C22H26ClN3O2S.ClH/c1-5-25(6-2)12-13-26(21(27)16-8-7-9-17(23)14-16)22-24-19-18(28-4)11-10-15(3)20(19)29-22;/h7-11,14H,5-6,12-13H2,1-4H3;1H. The van der Waals surface area contributed by atoms with Crippen LogP contribution in [-0.4, -0.2) is 49.1 Å². The third kappa shape index (κ3) is 5.24. The predicted molar refractivity (Wildman–Crippen MR) is 129 cm³/mol. The minimum Gasteiger partial charge on any atom is -0.494 e. The molecular formula is C22H27Cl2N3O2S. The Labute approximate surface area is 193 Å². The number of halogens is 2. The van der Waals surface area contributed by atoms with Crippen LogP contribution in [-0.2, 0) is 0 Å². The summed E-state index contributed by atoms with van der Waals surface area (Å²) in [5, 5.41) is 1.21. The number of anilines is 1. The molecule has 2 aromatic carbocycles. The van der Waals surface area contributed by atoms with E-state index in [2.05, 4.69) is 18.7 Å². The SMILES string of the molecule is CCN(CC)CCN(C(=O)c1cccc(Cl)c1)c1nc2c(OC)ccc(C)c2s1.Cl. The van der Waals surface area contributed by atoms with Crippen LogP contribution >= 0.6 is 35.3 Å². The fraction of sp³-hybridized carbons (Fsp3) is 0.364. The van der Waals surface area contributed by atoms with Crippen molar-refractivity contribution < 1.29 is 9.53 Å². The molecule has 0 atom stereocenters. The van der Waals surface area contributed by atoms with Crippen molar-refractivity contribution in [3.05, 3.63) is 52.5 Å². The van der Waals surface area contributed by atoms with Crippen LogP contribution in [0, 0.1) is 6.92 Å². The quantitative estimate of drug-likeness (QED) is 0.427. The Morgan fingerprint density at radius 2 is 1.90 bits per heavy atom. The van der Waals surface area contributed by atoms with Gasteiger partial charge in [-0.1, -0.05) is 48.9 Å². The summed E-state index contributed by atoms with van der Waals surface area (Å²) < 4.78 is 6.52. The second-order valence-electron chi connectivity index (χ2n) is 6.75. The van der Waals surface area contributed by atoms with Crippen LogP contribution in [0.25, 0.3) is 10.2 Å². The van der Waals surface area contributed by atoms with Crippen LogP contribution in [0.15, 0.2) is 36.4 Å². The van der Waals surface area contributed by atoms with E-state index in [4.69, 9.17) is 21.3 Å². The lowest BCUT2D eigenvalue weighted by molar-refractivity contribution is 0.0983. The molecule has 162 valence electrons. The van der Waals surface area contributed by atoms with Crippen molar-refractivity contribution in [2.75, 3.05) is 38.2 Å². The van der Waals surface area contributed by atoms with Gasteiger partial charge in [0.25, 0.3) is 5.91 Å². The molecule has 3 rings (SSSR count). The summed E-state index contributed by atoms with van der Waals surface area (Å²) in [7, 11) is 1.64. The summed E-state index contributed by atoms with van der Waals surface area (Å²) in [6.45, 7) is 9.48. The number of carbonyl (C=O) groups is 1. The first-order chi connectivity index (χ1) is 14.0. The fourth-order valence-corrected chi connectivity index (χ4v) is 4.49. The number of methoxy groups -OCH3 is 1. The van der Waals surface area contributed by atoms with E-state index in [1.165, 1.54) is 11.3 Å². The number of rotatable bonds is 8. The zero-order valence-corrected chi connectivity index (χ0v) is 20.0. The van der Waals surface area contributed by atoms with Crippen LogP contribution in [0.3, 0.4) is 0 Å². The first-order valence-corrected chi connectivity index (χ1v) is 10.9. The molecule has 0 radical (unpaired) electrons. The molecule has 0 spiro atoms. The van der Waals surface area contributed by atoms with Gasteiger partial charge in [-0.05, 0) is 49.8 Å². The minimum absolute atomic E-state index is 0. The molecule has 0 aliphatic rings. The molecule has 5 nitrogen and oxygen atoms in total. The van der Waals surface area contributed by atoms with E-state index in [-0.39, 0.29) is 18.3 Å². The molecule has 0 aliphatic heterocycles. The summed E-state index contributed by atoms with van der Waals surface area (Å²) in [5.74, 6) is 0.613. The van der Waals surface area contributed by atoms with Gasteiger partial charge in [-0.15, -0.1) is 12.4 Å². The minimum atomic E-state index is -0.102. The molecule has 1 aromatic heterocycles. The summed E-state index contributed by atoms with van der Waals surface area (Å²) in [5.41, 5.74) is 2.46. The number of likely N-dealkylation sites (N-methyl/N-ethyl adjacent to an activating group) is 1. The summed E-state index contributed by atoms with van der Waals surface area (Å²) in [6.07, 6.45) is 0. The highest BCUT2D eigenvalue weighted by atomic mass is 35.5. The predicted octanol–water partition coefficient (Wildman–Crippen LogP) is 5.68. The first kappa shape index (κ1) is 24.4. The molecule has 0 aliphatic carbocycles. The maximum atomic E-state index is 13.4. The Kier molecular flexibility index (Phi) is 8.92. The largest absolute Gasteiger partial charge is 0.494 e. The summed E-state index contributed by atoms with van der Waals surface area (Å²) in [6, 6.07) is 11.0. The summed E-state index contributed by atoms with van der Waals surface area (Å²) >= 11 is 7.65. The Morgan fingerprint density at radius 1 is 1.17 bits per heavy atom. The molecule has 3 aromatic rings. The van der Waals surface area contributed by atoms with Crippen molar-refractivity contribution >= 4 is 56.6 Å². The average molecular weight is 468 g/mol. The van der Waals surface area contributed by atoms with Gasteiger partial charge in [0.15, 0.2) is 5.13 Å². The van der Waals surface area contributed by atoms with Gasteiger partial charge >= 0.3 is 0 Å². The molecular weight excluding hydrogens is 441 g/mol. The lowest BCUT2D eigenvalue weighted by Crippen LogP contribution is -2.38. The lowest BCUT2D eigenvalue weighted by atomic mass is 10.2. The van der Waals surface area contributed by atoms with Crippen LogP contribution in [0.1, 0.15) is 29.8 Å². The van der Waals surface area contributed by atoms with Gasteiger partial charge in [-0.3, -0.25) is 9.69 Å². The van der Waals surface area contributed by atoms with Crippen molar-refractivity contribution in [2.24, 2.45) is 0 Å². The lowest BCUT2D eigenvalue weighted by Gasteiger charge is -2.24. The van der Waals surface area contributed by atoms with Gasteiger partial charge in [0.1, 0.15) is 11.3 Å².